The van der Waals surface area contributed by atoms with Crippen LogP contribution in [0, 0.1) is 0 Å². The van der Waals surface area contributed by atoms with Crippen LogP contribution in [0.5, 0.6) is 5.75 Å². The summed E-state index contributed by atoms with van der Waals surface area (Å²) in [6.45, 7) is 5.60. The van der Waals surface area contributed by atoms with E-state index in [1.165, 1.54) is 0 Å². The standard InChI is InChI=1S/C26H22N2O3/c1-3-19(17-10-6-5-7-11-17)25(18-14-15-21-22(16-18)28-26(30)27-21)20-12-8-9-13-23(20)31-24(29)4-2/h4-16H,2-3H2,1H3,(H2,27,28,30)/b25-19+. The molecule has 5 nitrogen and oxygen atoms in total. The van der Waals surface area contributed by atoms with Crippen molar-refractivity contribution in [3.63, 3.8) is 0 Å². The predicted molar refractivity (Wildman–Crippen MR) is 124 cm³/mol. The summed E-state index contributed by atoms with van der Waals surface area (Å²) in [6.07, 6.45) is 1.90. The number of nitrogens with one attached hydrogen (secondary N) is 2. The number of rotatable bonds is 6. The second-order valence-corrected chi connectivity index (χ2v) is 7.03. The zero-order chi connectivity index (χ0) is 21.8. The van der Waals surface area contributed by atoms with Gasteiger partial charge in [0.1, 0.15) is 5.75 Å². The van der Waals surface area contributed by atoms with Crippen molar-refractivity contribution in [2.24, 2.45) is 0 Å². The van der Waals surface area contributed by atoms with Crippen LogP contribution in [0.2, 0.25) is 0 Å². The Morgan fingerprint density at radius 1 is 0.935 bits per heavy atom. The van der Waals surface area contributed by atoms with Crippen molar-refractivity contribution < 1.29 is 9.53 Å². The highest BCUT2D eigenvalue weighted by atomic mass is 16.5. The van der Waals surface area contributed by atoms with E-state index < -0.39 is 5.97 Å². The summed E-state index contributed by atoms with van der Waals surface area (Å²) in [4.78, 5) is 29.4. The molecule has 3 aromatic carbocycles. The largest absolute Gasteiger partial charge is 0.423 e. The summed E-state index contributed by atoms with van der Waals surface area (Å²) in [6, 6.07) is 23.3. The number of para-hydroxylation sites is 1. The van der Waals surface area contributed by atoms with Gasteiger partial charge in [0, 0.05) is 11.6 Å². The van der Waals surface area contributed by atoms with E-state index in [0.29, 0.717) is 11.3 Å². The molecule has 2 N–H and O–H groups in total. The summed E-state index contributed by atoms with van der Waals surface area (Å²) < 4.78 is 5.56. The molecule has 0 aliphatic carbocycles. The lowest BCUT2D eigenvalue weighted by atomic mass is 9.87. The first-order chi connectivity index (χ1) is 15.1. The molecule has 154 valence electrons. The Hall–Kier alpha value is -4.12. The third kappa shape index (κ3) is 4.12. The fourth-order valence-electron chi connectivity index (χ4n) is 3.76. The molecule has 4 rings (SSSR count). The van der Waals surface area contributed by atoms with Gasteiger partial charge in [0.15, 0.2) is 0 Å². The minimum atomic E-state index is -0.519. The van der Waals surface area contributed by atoms with Crippen LogP contribution in [-0.2, 0) is 4.79 Å². The summed E-state index contributed by atoms with van der Waals surface area (Å²) in [5, 5.41) is 0. The molecule has 0 saturated carbocycles. The number of aromatic amines is 2. The number of hydrogen-bond donors (Lipinski definition) is 2. The van der Waals surface area contributed by atoms with Gasteiger partial charge in [-0.05, 0) is 46.9 Å². The van der Waals surface area contributed by atoms with Crippen molar-refractivity contribution in [1.82, 2.24) is 9.97 Å². The van der Waals surface area contributed by atoms with E-state index in [4.69, 9.17) is 4.74 Å². The molecule has 0 spiro atoms. The van der Waals surface area contributed by atoms with E-state index in [-0.39, 0.29) is 5.69 Å². The van der Waals surface area contributed by atoms with Gasteiger partial charge in [-0.1, -0.05) is 68.1 Å². The molecule has 0 fully saturated rings. The summed E-state index contributed by atoms with van der Waals surface area (Å²) in [5.41, 5.74) is 6.00. The molecule has 0 bridgehead atoms. The maximum absolute atomic E-state index is 12.0. The Morgan fingerprint density at radius 3 is 2.39 bits per heavy atom. The Bertz CT molecular complexity index is 1340. The average molecular weight is 410 g/mol. The van der Waals surface area contributed by atoms with Crippen molar-refractivity contribution in [3.05, 3.63) is 113 Å². The Labute approximate surface area is 179 Å². The van der Waals surface area contributed by atoms with Crippen LogP contribution < -0.4 is 10.4 Å². The van der Waals surface area contributed by atoms with Crippen LogP contribution in [0.1, 0.15) is 30.0 Å². The summed E-state index contributed by atoms with van der Waals surface area (Å²) in [7, 11) is 0. The lowest BCUT2D eigenvalue weighted by molar-refractivity contribution is -0.128. The molecule has 0 unspecified atom stereocenters. The SMILES string of the molecule is C=CC(=O)Oc1ccccc1/C(=C(\CC)c1ccccc1)c1ccc2[nH]c(=O)[nH]c2c1. The maximum Gasteiger partial charge on any atom is 0.335 e. The smallest absolute Gasteiger partial charge is 0.335 e. The minimum Gasteiger partial charge on any atom is -0.423 e. The van der Waals surface area contributed by atoms with Crippen molar-refractivity contribution in [3.8, 4) is 5.75 Å². The second kappa shape index (κ2) is 8.71. The minimum absolute atomic E-state index is 0.253. The first kappa shape index (κ1) is 20.2. The molecular formula is C26H22N2O3. The number of aromatic nitrogens is 2. The maximum atomic E-state index is 12.0. The van der Waals surface area contributed by atoms with Gasteiger partial charge in [-0.2, -0.15) is 0 Å². The van der Waals surface area contributed by atoms with Crippen molar-refractivity contribution in [2.75, 3.05) is 0 Å². The first-order valence-electron chi connectivity index (χ1n) is 10.1. The van der Waals surface area contributed by atoms with Gasteiger partial charge < -0.3 is 14.7 Å². The number of ether oxygens (including phenoxy) is 1. The van der Waals surface area contributed by atoms with Crippen LogP contribution in [0.4, 0.5) is 0 Å². The highest BCUT2D eigenvalue weighted by Crippen LogP contribution is 2.39. The van der Waals surface area contributed by atoms with Crippen LogP contribution in [0.25, 0.3) is 22.2 Å². The Balaban J connectivity index is 2.02. The van der Waals surface area contributed by atoms with E-state index in [0.717, 1.165) is 45.9 Å². The molecule has 0 radical (unpaired) electrons. The van der Waals surface area contributed by atoms with Gasteiger partial charge in [0.05, 0.1) is 11.0 Å². The highest BCUT2D eigenvalue weighted by Gasteiger charge is 2.18. The predicted octanol–water partition coefficient (Wildman–Crippen LogP) is 5.32. The average Bonchev–Trinajstić information content (AvgIpc) is 3.17. The molecular weight excluding hydrogens is 388 g/mol. The summed E-state index contributed by atoms with van der Waals surface area (Å²) >= 11 is 0. The lowest BCUT2D eigenvalue weighted by Crippen LogP contribution is -2.06. The molecule has 1 heterocycles. The molecule has 5 heteroatoms. The molecule has 4 aromatic rings. The molecule has 31 heavy (non-hydrogen) atoms. The third-order valence-electron chi connectivity index (χ3n) is 5.12. The highest BCUT2D eigenvalue weighted by molar-refractivity contribution is 6.01. The van der Waals surface area contributed by atoms with Crippen LogP contribution in [0.15, 0.2) is 90.2 Å². The third-order valence-corrected chi connectivity index (χ3v) is 5.12. The van der Waals surface area contributed by atoms with Crippen molar-refractivity contribution in [1.29, 1.82) is 0 Å². The fourth-order valence-corrected chi connectivity index (χ4v) is 3.76. The number of esters is 1. The molecule has 0 saturated heterocycles. The Kier molecular flexibility index (Phi) is 5.67. The van der Waals surface area contributed by atoms with Crippen LogP contribution in [-0.4, -0.2) is 15.9 Å². The first-order valence-corrected chi connectivity index (χ1v) is 10.1. The van der Waals surface area contributed by atoms with Gasteiger partial charge in [0.2, 0.25) is 0 Å². The van der Waals surface area contributed by atoms with Crippen molar-refractivity contribution >= 4 is 28.1 Å². The topological polar surface area (TPSA) is 75.0 Å². The van der Waals surface area contributed by atoms with Crippen molar-refractivity contribution in [2.45, 2.75) is 13.3 Å². The van der Waals surface area contributed by atoms with Gasteiger partial charge in [-0.3, -0.25) is 0 Å². The monoisotopic (exact) mass is 410 g/mol. The number of H-pyrrole nitrogens is 2. The molecule has 0 aliphatic rings. The summed E-state index contributed by atoms with van der Waals surface area (Å²) in [5.74, 6) is -0.0677. The van der Waals surface area contributed by atoms with Gasteiger partial charge in [-0.15, -0.1) is 0 Å². The normalized spacial score (nSPS) is 11.8. The van der Waals surface area contributed by atoms with Crippen LogP contribution >= 0.6 is 0 Å². The Morgan fingerprint density at radius 2 is 1.65 bits per heavy atom. The molecule has 0 amide bonds. The number of carbonyl (C=O) groups excluding carboxylic acids is 1. The van der Waals surface area contributed by atoms with E-state index in [1.54, 1.807) is 6.07 Å². The molecule has 1 aromatic heterocycles. The number of carbonyl (C=O) groups is 1. The molecule has 0 aliphatic heterocycles. The molecule has 0 atom stereocenters. The number of imidazole rings is 1. The zero-order valence-corrected chi connectivity index (χ0v) is 17.1. The second-order valence-electron chi connectivity index (χ2n) is 7.03. The number of hydrogen-bond acceptors (Lipinski definition) is 3. The van der Waals surface area contributed by atoms with E-state index >= 15 is 0 Å². The van der Waals surface area contributed by atoms with Gasteiger partial charge in [-0.25, -0.2) is 9.59 Å². The number of benzene rings is 3. The number of allylic oxidation sites excluding steroid dienone is 1. The van der Waals surface area contributed by atoms with E-state index in [2.05, 4.69) is 35.6 Å². The van der Waals surface area contributed by atoms with Crippen LogP contribution in [0.3, 0.4) is 0 Å². The lowest BCUT2D eigenvalue weighted by Gasteiger charge is -2.18. The fraction of sp³-hybridized carbons (Fsp3) is 0.0769. The zero-order valence-electron chi connectivity index (χ0n) is 17.1. The van der Waals surface area contributed by atoms with E-state index in [1.807, 2.05) is 54.6 Å². The van der Waals surface area contributed by atoms with Gasteiger partial charge >= 0.3 is 11.7 Å². The van der Waals surface area contributed by atoms with E-state index in [9.17, 15) is 9.59 Å². The quantitative estimate of drug-likeness (QED) is 0.196. The van der Waals surface area contributed by atoms with Gasteiger partial charge in [0.25, 0.3) is 0 Å². The number of fused-ring (bicyclic) bond motifs is 1.